The molecule has 3 atom stereocenters. The molecular formula is C17H14. The number of allylic oxidation sites excluding steroid dienone is 1. The fourth-order valence-corrected chi connectivity index (χ4v) is 3.26. The summed E-state index contributed by atoms with van der Waals surface area (Å²) < 4.78 is 0. The van der Waals surface area contributed by atoms with E-state index in [-0.39, 0.29) is 0 Å². The third-order valence-corrected chi connectivity index (χ3v) is 4.11. The van der Waals surface area contributed by atoms with Crippen LogP contribution in [0.5, 0.6) is 0 Å². The monoisotopic (exact) mass is 218 g/mol. The van der Waals surface area contributed by atoms with E-state index in [9.17, 15) is 0 Å². The molecule has 0 bridgehead atoms. The van der Waals surface area contributed by atoms with E-state index in [1.807, 2.05) is 0 Å². The van der Waals surface area contributed by atoms with Crippen molar-refractivity contribution in [3.63, 3.8) is 0 Å². The fourth-order valence-electron chi connectivity index (χ4n) is 3.26. The largest absolute Gasteiger partial charge is 0.0795 e. The second kappa shape index (κ2) is 3.33. The molecule has 2 aliphatic rings. The van der Waals surface area contributed by atoms with Gasteiger partial charge in [-0.1, -0.05) is 66.7 Å². The molecule has 1 fully saturated rings. The fraction of sp³-hybridized carbons (Fsp3) is 0.176. The van der Waals surface area contributed by atoms with Gasteiger partial charge in [-0.3, -0.25) is 0 Å². The molecule has 0 nitrogen and oxygen atoms in total. The summed E-state index contributed by atoms with van der Waals surface area (Å²) in [6, 6.07) is 19.7. The first-order valence-electron chi connectivity index (χ1n) is 6.27. The molecule has 0 radical (unpaired) electrons. The van der Waals surface area contributed by atoms with Crippen LogP contribution >= 0.6 is 0 Å². The Morgan fingerprint density at radius 2 is 1.47 bits per heavy atom. The van der Waals surface area contributed by atoms with Gasteiger partial charge in [0, 0.05) is 0 Å². The highest BCUT2D eigenvalue weighted by molar-refractivity contribution is 5.63. The summed E-state index contributed by atoms with van der Waals surface area (Å²) in [5.74, 6) is 2.15. The summed E-state index contributed by atoms with van der Waals surface area (Å²) in [7, 11) is 0. The van der Waals surface area contributed by atoms with Crippen LogP contribution in [0.2, 0.25) is 0 Å². The van der Waals surface area contributed by atoms with Crippen molar-refractivity contribution >= 4 is 6.08 Å². The number of hydrogen-bond acceptors (Lipinski definition) is 0. The number of fused-ring (bicyclic) bond motifs is 3. The Hall–Kier alpha value is -1.82. The smallest absolute Gasteiger partial charge is 0.00122 e. The zero-order valence-electron chi connectivity index (χ0n) is 9.58. The molecule has 0 saturated heterocycles. The van der Waals surface area contributed by atoms with Gasteiger partial charge in [0.25, 0.3) is 0 Å². The quantitative estimate of drug-likeness (QED) is 0.672. The van der Waals surface area contributed by atoms with Crippen LogP contribution < -0.4 is 0 Å². The molecule has 0 N–H and O–H groups in total. The van der Waals surface area contributed by atoms with E-state index in [0.29, 0.717) is 5.92 Å². The molecule has 0 aliphatic heterocycles. The Balaban J connectivity index is 1.77. The molecule has 0 heterocycles. The van der Waals surface area contributed by atoms with Gasteiger partial charge in [-0.05, 0) is 34.4 Å². The lowest BCUT2D eigenvalue weighted by molar-refractivity contribution is 0.995. The number of rotatable bonds is 1. The van der Waals surface area contributed by atoms with Gasteiger partial charge in [0.2, 0.25) is 0 Å². The minimum absolute atomic E-state index is 0.705. The first-order chi connectivity index (χ1) is 8.45. The molecule has 17 heavy (non-hydrogen) atoms. The van der Waals surface area contributed by atoms with Gasteiger partial charge >= 0.3 is 0 Å². The highest BCUT2D eigenvalue weighted by Gasteiger charge is 2.51. The van der Waals surface area contributed by atoms with Gasteiger partial charge in [0.1, 0.15) is 0 Å². The van der Waals surface area contributed by atoms with E-state index in [4.69, 9.17) is 0 Å². The second-order valence-corrected chi connectivity index (χ2v) is 5.03. The predicted molar refractivity (Wildman–Crippen MR) is 70.9 cm³/mol. The summed E-state index contributed by atoms with van der Waals surface area (Å²) in [5, 5.41) is 0. The third kappa shape index (κ3) is 1.30. The lowest BCUT2D eigenvalue weighted by Gasteiger charge is -2.08. The Bertz CT molecular complexity index is 576. The summed E-state index contributed by atoms with van der Waals surface area (Å²) >= 11 is 0. The van der Waals surface area contributed by atoms with Crippen LogP contribution in [0.3, 0.4) is 0 Å². The molecule has 0 aromatic heterocycles. The standard InChI is InChI=1S/C17H14/c1-2-7-13(8-3-1)16-15-11-10-12-6-4-5-9-14(12)17(15)16/h1-11,15-17H. The van der Waals surface area contributed by atoms with E-state index in [1.165, 1.54) is 16.7 Å². The molecule has 0 spiro atoms. The van der Waals surface area contributed by atoms with Crippen molar-refractivity contribution in [2.24, 2.45) is 5.92 Å². The molecule has 2 aromatic rings. The topological polar surface area (TPSA) is 0 Å². The Morgan fingerprint density at radius 1 is 0.706 bits per heavy atom. The zero-order valence-corrected chi connectivity index (χ0v) is 9.58. The maximum absolute atomic E-state index is 2.39. The maximum atomic E-state index is 2.39. The van der Waals surface area contributed by atoms with Crippen LogP contribution in [-0.4, -0.2) is 0 Å². The van der Waals surface area contributed by atoms with Crippen molar-refractivity contribution < 1.29 is 0 Å². The van der Waals surface area contributed by atoms with Gasteiger partial charge in [-0.15, -0.1) is 0 Å². The van der Waals surface area contributed by atoms with Gasteiger partial charge < -0.3 is 0 Å². The van der Waals surface area contributed by atoms with E-state index >= 15 is 0 Å². The normalized spacial score (nSPS) is 28.4. The van der Waals surface area contributed by atoms with Crippen LogP contribution in [0.25, 0.3) is 6.08 Å². The van der Waals surface area contributed by atoms with E-state index in [2.05, 4.69) is 66.7 Å². The zero-order chi connectivity index (χ0) is 11.2. The molecule has 82 valence electrons. The third-order valence-electron chi connectivity index (χ3n) is 4.11. The van der Waals surface area contributed by atoms with Crippen molar-refractivity contribution in [2.75, 3.05) is 0 Å². The van der Waals surface area contributed by atoms with Gasteiger partial charge in [0.05, 0.1) is 0 Å². The van der Waals surface area contributed by atoms with E-state index in [1.54, 1.807) is 0 Å². The first-order valence-corrected chi connectivity index (χ1v) is 6.27. The average molecular weight is 218 g/mol. The van der Waals surface area contributed by atoms with Crippen LogP contribution in [0, 0.1) is 5.92 Å². The van der Waals surface area contributed by atoms with Crippen molar-refractivity contribution in [1.82, 2.24) is 0 Å². The minimum atomic E-state index is 0.705. The molecule has 2 aromatic carbocycles. The summed E-state index contributed by atoms with van der Waals surface area (Å²) in [5.41, 5.74) is 4.44. The molecular weight excluding hydrogens is 204 g/mol. The lowest BCUT2D eigenvalue weighted by Crippen LogP contribution is -1.91. The SMILES string of the molecule is C1=CC2C(c3ccccc3)C2c2ccccc21. The second-order valence-electron chi connectivity index (χ2n) is 5.03. The van der Waals surface area contributed by atoms with E-state index in [0.717, 1.165) is 11.8 Å². The van der Waals surface area contributed by atoms with Gasteiger partial charge in [-0.25, -0.2) is 0 Å². The minimum Gasteiger partial charge on any atom is -0.0795 e. The van der Waals surface area contributed by atoms with Crippen molar-refractivity contribution in [3.05, 3.63) is 77.4 Å². The Morgan fingerprint density at radius 3 is 2.35 bits per heavy atom. The van der Waals surface area contributed by atoms with Gasteiger partial charge in [-0.2, -0.15) is 0 Å². The molecule has 0 amide bonds. The van der Waals surface area contributed by atoms with Crippen molar-refractivity contribution in [2.45, 2.75) is 11.8 Å². The summed E-state index contributed by atoms with van der Waals surface area (Å²) in [6.07, 6.45) is 4.68. The molecule has 0 heteroatoms. The Labute approximate surface area is 102 Å². The molecule has 3 unspecified atom stereocenters. The van der Waals surface area contributed by atoms with Gasteiger partial charge in [0.15, 0.2) is 0 Å². The molecule has 1 saturated carbocycles. The van der Waals surface area contributed by atoms with Crippen LogP contribution in [0.4, 0.5) is 0 Å². The summed E-state index contributed by atoms with van der Waals surface area (Å²) in [4.78, 5) is 0. The van der Waals surface area contributed by atoms with Crippen LogP contribution in [0.1, 0.15) is 28.5 Å². The predicted octanol–water partition coefficient (Wildman–Crippen LogP) is 4.21. The number of benzene rings is 2. The summed E-state index contributed by atoms with van der Waals surface area (Å²) in [6.45, 7) is 0. The number of hydrogen-bond donors (Lipinski definition) is 0. The highest BCUT2D eigenvalue weighted by atomic mass is 14.5. The molecule has 4 rings (SSSR count). The average Bonchev–Trinajstić information content (AvgIpc) is 3.14. The van der Waals surface area contributed by atoms with Crippen LogP contribution in [-0.2, 0) is 0 Å². The maximum Gasteiger partial charge on any atom is -0.00122 e. The molecule has 2 aliphatic carbocycles. The Kier molecular flexibility index (Phi) is 1.81. The first kappa shape index (κ1) is 9.23. The van der Waals surface area contributed by atoms with Crippen molar-refractivity contribution in [1.29, 1.82) is 0 Å². The van der Waals surface area contributed by atoms with E-state index < -0.39 is 0 Å². The van der Waals surface area contributed by atoms with Crippen LogP contribution in [0.15, 0.2) is 60.7 Å². The highest BCUT2D eigenvalue weighted by Crippen LogP contribution is 2.63. The van der Waals surface area contributed by atoms with Crippen molar-refractivity contribution in [3.8, 4) is 0 Å². The lowest BCUT2D eigenvalue weighted by atomic mass is 9.97.